The van der Waals surface area contributed by atoms with Crippen LogP contribution in [0, 0.1) is 5.41 Å². The number of rotatable bonds is 3. The summed E-state index contributed by atoms with van der Waals surface area (Å²) >= 11 is 0. The molecule has 0 aromatic rings. The highest BCUT2D eigenvalue weighted by Crippen LogP contribution is 2.27. The highest BCUT2D eigenvalue weighted by Gasteiger charge is 2.36. The number of urea groups is 1. The van der Waals surface area contributed by atoms with Gasteiger partial charge in [0.05, 0.1) is 0 Å². The number of carbonyl (C=O) groups is 2. The van der Waals surface area contributed by atoms with Crippen molar-refractivity contribution in [3.05, 3.63) is 0 Å². The van der Waals surface area contributed by atoms with Gasteiger partial charge in [-0.1, -0.05) is 20.8 Å². The second kappa shape index (κ2) is 5.39. The zero-order valence-corrected chi connectivity index (χ0v) is 12.6. The molecule has 0 radical (unpaired) electrons. The van der Waals surface area contributed by atoms with Gasteiger partial charge in [-0.25, -0.2) is 9.59 Å². The van der Waals surface area contributed by atoms with Crippen LogP contribution < -0.4 is 5.32 Å². The van der Waals surface area contributed by atoms with Crippen LogP contribution in [0.5, 0.6) is 0 Å². The molecule has 19 heavy (non-hydrogen) atoms. The maximum Gasteiger partial charge on any atom is 0.326 e. The zero-order valence-electron chi connectivity index (χ0n) is 12.6. The average molecular weight is 270 g/mol. The monoisotopic (exact) mass is 270 g/mol. The molecule has 0 aromatic heterocycles. The third-order valence-electron chi connectivity index (χ3n) is 3.22. The molecular formula is C14H26N2O3. The summed E-state index contributed by atoms with van der Waals surface area (Å²) in [5, 5.41) is 12.1. The summed E-state index contributed by atoms with van der Waals surface area (Å²) in [6.07, 6.45) is 2.13. The molecule has 0 aromatic carbocycles. The fourth-order valence-electron chi connectivity index (χ4n) is 3.00. The Bertz CT molecular complexity index is 358. The van der Waals surface area contributed by atoms with E-state index >= 15 is 0 Å². The van der Waals surface area contributed by atoms with E-state index in [2.05, 4.69) is 26.1 Å². The van der Waals surface area contributed by atoms with Crippen molar-refractivity contribution in [2.75, 3.05) is 6.54 Å². The van der Waals surface area contributed by atoms with E-state index in [0.29, 0.717) is 13.0 Å². The lowest BCUT2D eigenvalue weighted by atomic mass is 9.82. The van der Waals surface area contributed by atoms with Crippen molar-refractivity contribution in [3.63, 3.8) is 0 Å². The SMILES string of the molecule is CC(C)(C)CC(C)(C)NC(=O)N1CCC[C@@H]1C(=O)O. The summed E-state index contributed by atoms with van der Waals surface area (Å²) in [6.45, 7) is 10.8. The average Bonchev–Trinajstić information content (AvgIpc) is 2.59. The molecule has 1 atom stereocenters. The summed E-state index contributed by atoms with van der Waals surface area (Å²) in [5.41, 5.74) is -0.241. The molecule has 2 N–H and O–H groups in total. The Morgan fingerprint density at radius 3 is 2.32 bits per heavy atom. The molecule has 5 heteroatoms. The van der Waals surface area contributed by atoms with Crippen molar-refractivity contribution < 1.29 is 14.7 Å². The predicted octanol–water partition coefficient (Wildman–Crippen LogP) is 2.46. The van der Waals surface area contributed by atoms with Crippen LogP contribution in [0.2, 0.25) is 0 Å². The van der Waals surface area contributed by atoms with E-state index in [0.717, 1.165) is 12.8 Å². The fraction of sp³-hybridized carbons (Fsp3) is 0.857. The molecule has 1 aliphatic heterocycles. The highest BCUT2D eigenvalue weighted by atomic mass is 16.4. The minimum absolute atomic E-state index is 0.105. The number of nitrogens with zero attached hydrogens (tertiary/aromatic N) is 1. The molecule has 1 heterocycles. The predicted molar refractivity (Wildman–Crippen MR) is 74.0 cm³/mol. The molecular weight excluding hydrogens is 244 g/mol. The van der Waals surface area contributed by atoms with Gasteiger partial charge in [0.1, 0.15) is 6.04 Å². The van der Waals surface area contributed by atoms with Gasteiger partial charge in [-0.05, 0) is 38.5 Å². The van der Waals surface area contributed by atoms with E-state index in [-0.39, 0.29) is 17.0 Å². The first-order valence-electron chi connectivity index (χ1n) is 6.83. The largest absolute Gasteiger partial charge is 0.480 e. The van der Waals surface area contributed by atoms with Crippen LogP contribution >= 0.6 is 0 Å². The Morgan fingerprint density at radius 1 is 1.26 bits per heavy atom. The van der Waals surface area contributed by atoms with E-state index in [1.54, 1.807) is 0 Å². The first-order chi connectivity index (χ1) is 8.52. The quantitative estimate of drug-likeness (QED) is 0.827. The number of carboxylic acid groups (broad SMARTS) is 1. The zero-order chi connectivity index (χ0) is 14.8. The molecule has 5 nitrogen and oxygen atoms in total. The topological polar surface area (TPSA) is 69.6 Å². The van der Waals surface area contributed by atoms with Gasteiger partial charge in [-0.3, -0.25) is 0 Å². The van der Waals surface area contributed by atoms with Gasteiger partial charge in [0.15, 0.2) is 0 Å². The van der Waals surface area contributed by atoms with Gasteiger partial charge >= 0.3 is 12.0 Å². The second-order valence-corrected chi connectivity index (χ2v) is 7.24. The number of carbonyl (C=O) groups excluding carboxylic acids is 1. The molecule has 2 amide bonds. The van der Waals surface area contributed by atoms with Gasteiger partial charge in [-0.2, -0.15) is 0 Å². The molecule has 0 unspecified atom stereocenters. The number of hydrogen-bond acceptors (Lipinski definition) is 2. The standard InChI is InChI=1S/C14H26N2O3/c1-13(2,3)9-14(4,5)15-12(19)16-8-6-7-10(16)11(17)18/h10H,6-9H2,1-5H3,(H,15,19)(H,17,18)/t10-/m1/s1. The minimum atomic E-state index is -0.915. The molecule has 110 valence electrons. The summed E-state index contributed by atoms with van der Waals surface area (Å²) in [6, 6.07) is -0.940. The number of aliphatic carboxylic acids is 1. The first kappa shape index (κ1) is 15.8. The number of hydrogen-bond donors (Lipinski definition) is 2. The molecule has 1 rings (SSSR count). The normalized spacial score (nSPS) is 20.5. The molecule has 0 bridgehead atoms. The third kappa shape index (κ3) is 4.73. The van der Waals surface area contributed by atoms with Crippen LogP contribution in [-0.4, -0.2) is 40.1 Å². The van der Waals surface area contributed by atoms with Crippen LogP contribution in [0.15, 0.2) is 0 Å². The van der Waals surface area contributed by atoms with Gasteiger partial charge in [0, 0.05) is 12.1 Å². The van der Waals surface area contributed by atoms with Crippen LogP contribution in [0.3, 0.4) is 0 Å². The molecule has 0 saturated carbocycles. The van der Waals surface area contributed by atoms with E-state index in [1.165, 1.54) is 4.90 Å². The van der Waals surface area contributed by atoms with Gasteiger partial charge in [0.25, 0.3) is 0 Å². The van der Waals surface area contributed by atoms with Crippen molar-refractivity contribution in [1.82, 2.24) is 10.2 Å². The van der Waals surface area contributed by atoms with Crippen LogP contribution in [-0.2, 0) is 4.79 Å². The fourth-order valence-corrected chi connectivity index (χ4v) is 3.00. The Balaban J connectivity index is 2.66. The van der Waals surface area contributed by atoms with Crippen molar-refractivity contribution in [2.24, 2.45) is 5.41 Å². The minimum Gasteiger partial charge on any atom is -0.480 e. The number of likely N-dealkylation sites (tertiary alicyclic amines) is 1. The number of amides is 2. The lowest BCUT2D eigenvalue weighted by molar-refractivity contribution is -0.141. The van der Waals surface area contributed by atoms with E-state index in [4.69, 9.17) is 5.11 Å². The molecule has 1 aliphatic rings. The van der Waals surface area contributed by atoms with E-state index < -0.39 is 12.0 Å². The van der Waals surface area contributed by atoms with Crippen LogP contribution in [0.25, 0.3) is 0 Å². The Morgan fingerprint density at radius 2 is 1.84 bits per heavy atom. The summed E-state index contributed by atoms with van der Waals surface area (Å²) in [7, 11) is 0. The van der Waals surface area contributed by atoms with Crippen molar-refractivity contribution in [3.8, 4) is 0 Å². The Labute approximate surface area is 115 Å². The lowest BCUT2D eigenvalue weighted by Crippen LogP contribution is -2.53. The van der Waals surface area contributed by atoms with Crippen molar-refractivity contribution in [1.29, 1.82) is 0 Å². The maximum absolute atomic E-state index is 12.2. The Kier molecular flexibility index (Phi) is 4.48. The second-order valence-electron chi connectivity index (χ2n) is 7.24. The summed E-state index contributed by atoms with van der Waals surface area (Å²) in [4.78, 5) is 24.7. The van der Waals surface area contributed by atoms with Gasteiger partial charge < -0.3 is 15.3 Å². The Hall–Kier alpha value is -1.26. The summed E-state index contributed by atoms with van der Waals surface area (Å²) in [5.74, 6) is -0.915. The third-order valence-corrected chi connectivity index (χ3v) is 3.22. The molecule has 1 saturated heterocycles. The maximum atomic E-state index is 12.2. The summed E-state index contributed by atoms with van der Waals surface area (Å²) < 4.78 is 0. The highest BCUT2D eigenvalue weighted by molar-refractivity contribution is 5.83. The van der Waals surface area contributed by atoms with E-state index in [1.807, 2.05) is 13.8 Å². The van der Waals surface area contributed by atoms with Crippen molar-refractivity contribution >= 4 is 12.0 Å². The van der Waals surface area contributed by atoms with Gasteiger partial charge in [0.2, 0.25) is 0 Å². The van der Waals surface area contributed by atoms with E-state index in [9.17, 15) is 9.59 Å². The smallest absolute Gasteiger partial charge is 0.326 e. The molecule has 1 fully saturated rings. The van der Waals surface area contributed by atoms with Gasteiger partial charge in [-0.15, -0.1) is 0 Å². The number of nitrogens with one attached hydrogen (secondary N) is 1. The first-order valence-corrected chi connectivity index (χ1v) is 6.83. The van der Waals surface area contributed by atoms with Crippen LogP contribution in [0.1, 0.15) is 53.9 Å². The van der Waals surface area contributed by atoms with Crippen LogP contribution in [0.4, 0.5) is 4.79 Å². The van der Waals surface area contributed by atoms with Crippen molar-refractivity contribution in [2.45, 2.75) is 65.5 Å². The number of carboxylic acids is 1. The molecule has 0 aliphatic carbocycles. The lowest BCUT2D eigenvalue weighted by Gasteiger charge is -2.35. The molecule has 0 spiro atoms.